The van der Waals surface area contributed by atoms with E-state index in [2.05, 4.69) is 39.8 Å². The molecule has 0 spiro atoms. The Balaban J connectivity index is 2.55. The molecule has 0 saturated carbocycles. The molecule has 0 atom stereocenters. The smallest absolute Gasteiger partial charge is 0.490 e. The van der Waals surface area contributed by atoms with Gasteiger partial charge in [-0.3, -0.25) is 4.74 Å². The van der Waals surface area contributed by atoms with Crippen LogP contribution in [0.2, 0.25) is 0 Å². The van der Waals surface area contributed by atoms with E-state index in [1.807, 2.05) is 12.1 Å². The van der Waals surface area contributed by atoms with Crippen molar-refractivity contribution in [1.82, 2.24) is 5.32 Å². The first kappa shape index (κ1) is 18.3. The Morgan fingerprint density at radius 3 is 2.57 bits per heavy atom. The summed E-state index contributed by atoms with van der Waals surface area (Å²) in [5, 5.41) is 3.27. The topological polar surface area (TPSA) is 30.5 Å². The van der Waals surface area contributed by atoms with Crippen LogP contribution in [0.4, 0.5) is 13.2 Å². The standard InChI is InChI=1S/C14H19BrF3NO2/c1-10(2)8-19-9-11-4-3-5-12(15)13(11)20-6-7-21-14(16,17)18/h3-5,10,19H,6-9H2,1-2H3. The molecule has 0 aromatic heterocycles. The van der Waals surface area contributed by atoms with Crippen molar-refractivity contribution in [3.8, 4) is 5.75 Å². The van der Waals surface area contributed by atoms with E-state index in [-0.39, 0.29) is 6.61 Å². The maximum atomic E-state index is 11.9. The van der Waals surface area contributed by atoms with Gasteiger partial charge in [0.2, 0.25) is 0 Å². The van der Waals surface area contributed by atoms with Crippen molar-refractivity contribution in [2.45, 2.75) is 26.8 Å². The lowest BCUT2D eigenvalue weighted by Crippen LogP contribution is -2.21. The molecule has 0 radical (unpaired) electrons. The van der Waals surface area contributed by atoms with Crippen molar-refractivity contribution >= 4 is 15.9 Å². The zero-order chi connectivity index (χ0) is 15.9. The number of benzene rings is 1. The molecular formula is C14H19BrF3NO2. The summed E-state index contributed by atoms with van der Waals surface area (Å²) in [4.78, 5) is 0. The zero-order valence-electron chi connectivity index (χ0n) is 12.0. The first-order valence-electron chi connectivity index (χ1n) is 6.61. The first-order chi connectivity index (χ1) is 9.79. The third-order valence-electron chi connectivity index (χ3n) is 2.51. The van der Waals surface area contributed by atoms with Crippen LogP contribution in [0.3, 0.4) is 0 Å². The highest BCUT2D eigenvalue weighted by Gasteiger charge is 2.28. The molecule has 1 rings (SSSR count). The van der Waals surface area contributed by atoms with E-state index in [4.69, 9.17) is 4.74 Å². The van der Waals surface area contributed by atoms with E-state index in [1.165, 1.54) is 0 Å². The highest BCUT2D eigenvalue weighted by Crippen LogP contribution is 2.29. The maximum absolute atomic E-state index is 11.9. The second kappa shape index (κ2) is 8.60. The molecular weight excluding hydrogens is 351 g/mol. The predicted octanol–water partition coefficient (Wildman–Crippen LogP) is 4.11. The fourth-order valence-corrected chi connectivity index (χ4v) is 2.17. The second-order valence-corrected chi connectivity index (χ2v) is 5.75. The molecule has 7 heteroatoms. The monoisotopic (exact) mass is 369 g/mol. The quantitative estimate of drug-likeness (QED) is 0.699. The van der Waals surface area contributed by atoms with Gasteiger partial charge >= 0.3 is 6.36 Å². The van der Waals surface area contributed by atoms with Crippen LogP contribution in [-0.2, 0) is 11.3 Å². The van der Waals surface area contributed by atoms with Crippen molar-refractivity contribution in [2.24, 2.45) is 5.92 Å². The highest BCUT2D eigenvalue weighted by molar-refractivity contribution is 9.10. The van der Waals surface area contributed by atoms with Gasteiger partial charge in [-0.05, 0) is 34.5 Å². The minimum absolute atomic E-state index is 0.167. The molecule has 1 N–H and O–H groups in total. The number of nitrogens with one attached hydrogen (secondary N) is 1. The number of hydrogen-bond donors (Lipinski definition) is 1. The third-order valence-corrected chi connectivity index (χ3v) is 3.14. The molecule has 0 bridgehead atoms. The van der Waals surface area contributed by atoms with Crippen LogP contribution < -0.4 is 10.1 Å². The van der Waals surface area contributed by atoms with Crippen LogP contribution in [0, 0.1) is 5.92 Å². The molecule has 3 nitrogen and oxygen atoms in total. The lowest BCUT2D eigenvalue weighted by molar-refractivity contribution is -0.325. The minimum atomic E-state index is -4.63. The van der Waals surface area contributed by atoms with Gasteiger partial charge in [-0.15, -0.1) is 13.2 Å². The number of ether oxygens (including phenoxy) is 2. The predicted molar refractivity (Wildman–Crippen MR) is 78.2 cm³/mol. The van der Waals surface area contributed by atoms with Crippen LogP contribution >= 0.6 is 15.9 Å². The Hall–Kier alpha value is -0.790. The summed E-state index contributed by atoms with van der Waals surface area (Å²) in [5.41, 5.74) is 0.886. The van der Waals surface area contributed by atoms with Gasteiger partial charge in [0.25, 0.3) is 0 Å². The second-order valence-electron chi connectivity index (χ2n) is 4.90. The average molecular weight is 370 g/mol. The molecule has 0 fully saturated rings. The van der Waals surface area contributed by atoms with Gasteiger partial charge in [0.1, 0.15) is 12.4 Å². The number of halogens is 4. The lowest BCUT2D eigenvalue weighted by Gasteiger charge is -2.15. The summed E-state index contributed by atoms with van der Waals surface area (Å²) in [7, 11) is 0. The Kier molecular flexibility index (Phi) is 7.48. The van der Waals surface area contributed by atoms with Crippen LogP contribution in [0.5, 0.6) is 5.75 Å². The summed E-state index contributed by atoms with van der Waals surface area (Å²) in [5.74, 6) is 1.06. The lowest BCUT2D eigenvalue weighted by atomic mass is 10.2. The fourth-order valence-electron chi connectivity index (χ4n) is 1.65. The summed E-state index contributed by atoms with van der Waals surface area (Å²) < 4.78 is 45.5. The van der Waals surface area contributed by atoms with Crippen LogP contribution in [0.15, 0.2) is 22.7 Å². The average Bonchev–Trinajstić information content (AvgIpc) is 2.35. The van der Waals surface area contributed by atoms with E-state index >= 15 is 0 Å². The largest absolute Gasteiger partial charge is 0.522 e. The van der Waals surface area contributed by atoms with Gasteiger partial charge in [0, 0.05) is 12.1 Å². The number of para-hydroxylation sites is 1. The maximum Gasteiger partial charge on any atom is 0.522 e. The molecule has 120 valence electrons. The Labute approximate surface area is 130 Å². The summed E-state index contributed by atoms with van der Waals surface area (Å²) >= 11 is 3.34. The third kappa shape index (κ3) is 7.68. The van der Waals surface area contributed by atoms with Crippen LogP contribution in [0.1, 0.15) is 19.4 Å². The zero-order valence-corrected chi connectivity index (χ0v) is 13.6. The van der Waals surface area contributed by atoms with E-state index in [0.717, 1.165) is 12.1 Å². The van der Waals surface area contributed by atoms with E-state index < -0.39 is 13.0 Å². The van der Waals surface area contributed by atoms with Crippen molar-refractivity contribution in [2.75, 3.05) is 19.8 Å². The summed E-state index contributed by atoms with van der Waals surface area (Å²) in [6.45, 7) is 4.93. The molecule has 0 aliphatic rings. The van der Waals surface area contributed by atoms with Crippen LogP contribution in [-0.4, -0.2) is 26.1 Å². The molecule has 0 aliphatic heterocycles. The Morgan fingerprint density at radius 2 is 1.95 bits per heavy atom. The Morgan fingerprint density at radius 1 is 1.24 bits per heavy atom. The van der Waals surface area contributed by atoms with Crippen LogP contribution in [0.25, 0.3) is 0 Å². The molecule has 0 heterocycles. The molecule has 1 aromatic carbocycles. The summed E-state index contributed by atoms with van der Waals surface area (Å²) in [6.07, 6.45) is -4.63. The molecule has 0 aliphatic carbocycles. The molecule has 21 heavy (non-hydrogen) atoms. The normalized spacial score (nSPS) is 12.0. The number of hydrogen-bond acceptors (Lipinski definition) is 3. The van der Waals surface area contributed by atoms with E-state index in [0.29, 0.717) is 22.7 Å². The van der Waals surface area contributed by atoms with Crippen molar-refractivity contribution < 1.29 is 22.6 Å². The summed E-state index contributed by atoms with van der Waals surface area (Å²) in [6, 6.07) is 5.51. The minimum Gasteiger partial charge on any atom is -0.490 e. The number of rotatable bonds is 8. The van der Waals surface area contributed by atoms with E-state index in [1.54, 1.807) is 6.07 Å². The molecule has 0 amide bonds. The highest BCUT2D eigenvalue weighted by atomic mass is 79.9. The fraction of sp³-hybridized carbons (Fsp3) is 0.571. The van der Waals surface area contributed by atoms with Gasteiger partial charge in [-0.2, -0.15) is 0 Å². The Bertz CT molecular complexity index is 439. The van der Waals surface area contributed by atoms with Crippen molar-refractivity contribution in [1.29, 1.82) is 0 Å². The van der Waals surface area contributed by atoms with E-state index in [9.17, 15) is 13.2 Å². The number of alkyl halides is 3. The van der Waals surface area contributed by atoms with Gasteiger partial charge in [0.15, 0.2) is 0 Å². The van der Waals surface area contributed by atoms with Crippen molar-refractivity contribution in [3.05, 3.63) is 28.2 Å². The molecule has 1 aromatic rings. The molecule has 0 unspecified atom stereocenters. The first-order valence-corrected chi connectivity index (χ1v) is 7.40. The van der Waals surface area contributed by atoms with Gasteiger partial charge < -0.3 is 10.1 Å². The van der Waals surface area contributed by atoms with Gasteiger partial charge in [-0.25, -0.2) is 0 Å². The molecule has 0 saturated heterocycles. The van der Waals surface area contributed by atoms with Gasteiger partial charge in [-0.1, -0.05) is 26.0 Å². The van der Waals surface area contributed by atoms with Crippen molar-refractivity contribution in [3.63, 3.8) is 0 Å². The SMILES string of the molecule is CC(C)CNCc1cccc(Br)c1OCCOC(F)(F)F. The van der Waals surface area contributed by atoms with Gasteiger partial charge in [0.05, 0.1) is 11.1 Å².